The van der Waals surface area contributed by atoms with Crippen LogP contribution < -0.4 is 0 Å². The van der Waals surface area contributed by atoms with E-state index in [-0.39, 0.29) is 0 Å². The highest BCUT2D eigenvalue weighted by Crippen LogP contribution is 2.68. The summed E-state index contributed by atoms with van der Waals surface area (Å²) < 4.78 is 10.2. The molecule has 0 aromatic rings. The van der Waals surface area contributed by atoms with Crippen LogP contribution in [0.4, 0.5) is 0 Å². The lowest BCUT2D eigenvalue weighted by atomic mass is 10.2. The smallest absolute Gasteiger partial charge is 0.214 e. The van der Waals surface area contributed by atoms with Crippen LogP contribution in [0.3, 0.4) is 0 Å². The highest BCUT2D eigenvalue weighted by Gasteiger charge is 2.21. The first-order valence-corrected chi connectivity index (χ1v) is 12.5. The molecule has 17 heavy (non-hydrogen) atoms. The third kappa shape index (κ3) is 10.5. The highest BCUT2D eigenvalue weighted by molar-refractivity contribution is 8.08. The fraction of sp³-hybridized carbons (Fsp3) is 0.667. The predicted molar refractivity (Wildman–Crippen MR) is 85.4 cm³/mol. The Morgan fingerprint density at radius 2 is 2.06 bits per heavy atom. The van der Waals surface area contributed by atoms with E-state index in [1.54, 1.807) is 6.26 Å². The summed E-state index contributed by atoms with van der Waals surface area (Å²) >= 11 is 28.6. The van der Waals surface area contributed by atoms with Gasteiger partial charge in [0.05, 0.1) is 6.26 Å². The Labute approximate surface area is 129 Å². The summed E-state index contributed by atoms with van der Waals surface area (Å²) in [5, 5.41) is 0. The third-order valence-electron chi connectivity index (χ3n) is 1.41. The first kappa shape index (κ1) is 19.0. The summed E-state index contributed by atoms with van der Waals surface area (Å²) in [4.78, 5) is 0. The average molecular weight is 398 g/mol. The molecule has 0 saturated carbocycles. The van der Waals surface area contributed by atoms with Crippen LogP contribution in [-0.4, -0.2) is 3.96 Å². The quantitative estimate of drug-likeness (QED) is 0.180. The van der Waals surface area contributed by atoms with Crippen molar-refractivity contribution in [3.05, 3.63) is 12.3 Å². The van der Waals surface area contributed by atoms with Crippen LogP contribution in [0.25, 0.3) is 0 Å². The van der Waals surface area contributed by atoms with Crippen molar-refractivity contribution in [3.8, 4) is 0 Å². The molecule has 0 spiro atoms. The number of allylic oxidation sites excluding steroid dienone is 1. The number of hydrogen-bond acceptors (Lipinski definition) is 3. The van der Waals surface area contributed by atoms with Gasteiger partial charge in [-0.3, -0.25) is 0 Å². The topological polar surface area (TPSA) is 24.8 Å². The Bertz CT molecular complexity index is 268. The molecule has 0 aromatic heterocycles. The van der Waals surface area contributed by atoms with Crippen molar-refractivity contribution in [3.63, 3.8) is 0 Å². The van der Waals surface area contributed by atoms with Gasteiger partial charge in [0.1, 0.15) is 0 Å². The highest BCUT2D eigenvalue weighted by atomic mass is 35.9. The van der Waals surface area contributed by atoms with E-state index in [9.17, 15) is 0 Å². The second kappa shape index (κ2) is 11.8. The molecule has 0 N–H and O–H groups in total. The normalized spacial score (nSPS) is 16.0. The van der Waals surface area contributed by atoms with Crippen molar-refractivity contribution in [2.75, 3.05) is 0 Å². The van der Waals surface area contributed by atoms with Crippen LogP contribution in [0.15, 0.2) is 16.9 Å². The predicted octanol–water partition coefficient (Wildman–Crippen LogP) is 7.80. The molecule has 0 aromatic carbocycles. The van der Waals surface area contributed by atoms with Crippen LogP contribution in [-0.2, 0) is 4.52 Å². The molecular formula is C6H12Cl5N2OP3. The van der Waals surface area contributed by atoms with Gasteiger partial charge in [0.25, 0.3) is 0 Å². The van der Waals surface area contributed by atoms with Gasteiger partial charge in [0, 0.05) is 0 Å². The van der Waals surface area contributed by atoms with Crippen molar-refractivity contribution in [2.45, 2.75) is 26.2 Å². The van der Waals surface area contributed by atoms with Crippen molar-refractivity contribution < 1.29 is 4.52 Å². The Morgan fingerprint density at radius 1 is 1.41 bits per heavy atom. The monoisotopic (exact) mass is 396 g/mol. The molecule has 0 aliphatic rings. The molecule has 0 saturated heterocycles. The lowest BCUT2D eigenvalue weighted by Gasteiger charge is -2.15. The number of unbranched alkanes of at least 4 members (excludes halogenated alkanes) is 2. The summed E-state index contributed by atoms with van der Waals surface area (Å²) in [7, 11) is -3.41. The average Bonchev–Trinajstić information content (AvgIpc) is 2.27. The lowest BCUT2D eigenvalue weighted by Crippen LogP contribution is -1.83. The molecule has 0 fully saturated rings. The summed E-state index contributed by atoms with van der Waals surface area (Å²) in [5.41, 5.74) is 0. The van der Waals surface area contributed by atoms with E-state index in [1.807, 2.05) is 6.08 Å². The van der Waals surface area contributed by atoms with E-state index in [0.29, 0.717) is 0 Å². The van der Waals surface area contributed by atoms with Gasteiger partial charge in [-0.05, 0) is 53.2 Å². The second-order valence-corrected chi connectivity index (χ2v) is 11.4. The van der Waals surface area contributed by atoms with Gasteiger partial charge in [-0.25, -0.2) is 0 Å². The van der Waals surface area contributed by atoms with E-state index in [4.69, 9.17) is 61.3 Å². The van der Waals surface area contributed by atoms with Gasteiger partial charge in [-0.1, -0.05) is 35.8 Å². The molecule has 0 bridgehead atoms. The van der Waals surface area contributed by atoms with Gasteiger partial charge in [-0.15, -0.1) is 3.96 Å². The molecule has 102 valence electrons. The molecule has 3 nitrogen and oxygen atoms in total. The minimum Gasteiger partial charge on any atom is -0.457 e. The van der Waals surface area contributed by atoms with E-state index < -0.39 is 21.6 Å². The molecule has 0 heterocycles. The summed E-state index contributed by atoms with van der Waals surface area (Å²) in [5.74, 6) is 0. The molecule has 0 rings (SSSR count). The zero-order valence-corrected chi connectivity index (χ0v) is 15.4. The third-order valence-corrected chi connectivity index (χ3v) is 10.1. The van der Waals surface area contributed by atoms with Gasteiger partial charge in [-0.2, -0.15) is 4.52 Å². The molecule has 0 amide bonds. The van der Waals surface area contributed by atoms with Crippen molar-refractivity contribution in [1.29, 1.82) is 0 Å². The first-order chi connectivity index (χ1) is 7.99. The largest absolute Gasteiger partial charge is 0.457 e. The SMILES string of the molecule is CCCCC=CO/[PH](Cl)=N/P(Cl)N(Cl)P(Cl)Cl. The Kier molecular flexibility index (Phi) is 13.3. The maximum Gasteiger partial charge on any atom is 0.214 e. The standard InChI is InChI=1S/C6H12Cl5N2OP3/c1-2-3-4-5-6-14-17(11)12-16(10)13(7)15(8)9/h5-6,17H,2-4H2,1H3. The van der Waals surface area contributed by atoms with E-state index in [0.717, 1.165) is 23.2 Å². The van der Waals surface area contributed by atoms with Gasteiger partial charge < -0.3 is 4.52 Å². The van der Waals surface area contributed by atoms with Gasteiger partial charge in [0.15, 0.2) is 6.78 Å². The van der Waals surface area contributed by atoms with Crippen molar-refractivity contribution in [2.24, 2.45) is 4.52 Å². The van der Waals surface area contributed by atoms with Gasteiger partial charge >= 0.3 is 0 Å². The number of rotatable bonds is 8. The van der Waals surface area contributed by atoms with E-state index >= 15 is 0 Å². The number of hydrogen-bond donors (Lipinski definition) is 0. The first-order valence-electron chi connectivity index (χ1n) is 4.58. The van der Waals surface area contributed by atoms with Crippen LogP contribution in [0.2, 0.25) is 0 Å². The lowest BCUT2D eigenvalue weighted by molar-refractivity contribution is 0.549. The molecule has 0 aliphatic carbocycles. The maximum absolute atomic E-state index is 5.87. The minimum atomic E-state index is -1.88. The van der Waals surface area contributed by atoms with Crippen LogP contribution in [0.5, 0.6) is 0 Å². The molecule has 11 heteroatoms. The molecule has 0 radical (unpaired) electrons. The summed E-state index contributed by atoms with van der Waals surface area (Å²) in [6.45, 7) is 0.596. The van der Waals surface area contributed by atoms with Gasteiger partial charge in [0.2, 0.25) is 14.9 Å². The molecular weight excluding hydrogens is 386 g/mol. The summed E-state index contributed by atoms with van der Waals surface area (Å²) in [6.07, 6.45) is 6.65. The van der Waals surface area contributed by atoms with Crippen molar-refractivity contribution >= 4 is 78.4 Å². The molecule has 0 aliphatic heterocycles. The van der Waals surface area contributed by atoms with Crippen LogP contribution in [0, 0.1) is 0 Å². The van der Waals surface area contributed by atoms with Crippen LogP contribution >= 0.6 is 78.4 Å². The van der Waals surface area contributed by atoms with Crippen molar-refractivity contribution in [1.82, 2.24) is 3.96 Å². The Balaban J connectivity index is 4.03. The number of halogens is 5. The zero-order valence-electron chi connectivity index (χ0n) is 8.86. The Morgan fingerprint density at radius 3 is 2.59 bits per heavy atom. The van der Waals surface area contributed by atoms with Crippen LogP contribution in [0.1, 0.15) is 26.2 Å². The van der Waals surface area contributed by atoms with E-state index in [2.05, 4.69) is 11.4 Å². The van der Waals surface area contributed by atoms with E-state index in [1.165, 1.54) is 0 Å². The minimum absolute atomic E-state index is 0.953. The fourth-order valence-corrected chi connectivity index (χ4v) is 7.15. The fourth-order valence-electron chi connectivity index (χ4n) is 0.675. The maximum atomic E-state index is 5.87. The second-order valence-electron chi connectivity index (χ2n) is 2.68. The molecule has 2 unspecified atom stereocenters. The number of nitrogens with zero attached hydrogens (tertiary/aromatic N) is 2. The summed E-state index contributed by atoms with van der Waals surface area (Å²) in [6, 6.07) is 0. The zero-order chi connectivity index (χ0) is 13.3. The Hall–Kier alpha value is 2.04. The molecule has 2 atom stereocenters.